The molecule has 164 valence electrons. The van der Waals surface area contributed by atoms with Gasteiger partial charge in [-0.15, -0.1) is 11.8 Å². The Kier molecular flexibility index (Phi) is 7.44. The van der Waals surface area contributed by atoms with Gasteiger partial charge in [-0.3, -0.25) is 0 Å². The van der Waals surface area contributed by atoms with Gasteiger partial charge in [0, 0.05) is 10.6 Å². The molecule has 0 aliphatic rings. The Bertz CT molecular complexity index is 1140. The number of thioether (sulfide) groups is 1. The minimum absolute atomic E-state index is 0.283. The second kappa shape index (κ2) is 10.2. The Morgan fingerprint density at radius 1 is 1.03 bits per heavy atom. The highest BCUT2D eigenvalue weighted by Gasteiger charge is 2.29. The fourth-order valence-electron chi connectivity index (χ4n) is 2.87. The van der Waals surface area contributed by atoms with Crippen LogP contribution in [0.3, 0.4) is 0 Å². The Labute approximate surface area is 187 Å². The van der Waals surface area contributed by atoms with E-state index in [1.165, 1.54) is 31.0 Å². The first-order chi connectivity index (χ1) is 15.3. The van der Waals surface area contributed by atoms with E-state index in [0.717, 1.165) is 28.2 Å². The fraction of sp³-hybridized carbons (Fsp3) is 0.167. The van der Waals surface area contributed by atoms with Gasteiger partial charge >= 0.3 is 12.1 Å². The summed E-state index contributed by atoms with van der Waals surface area (Å²) < 4.78 is 48.1. The molecule has 0 unspecified atom stereocenters. The van der Waals surface area contributed by atoms with Crippen LogP contribution in [0.25, 0.3) is 11.1 Å². The highest BCUT2D eigenvalue weighted by Crippen LogP contribution is 2.32. The Balaban J connectivity index is 1.69. The number of benzene rings is 3. The van der Waals surface area contributed by atoms with Crippen molar-refractivity contribution >= 4 is 17.7 Å². The number of hydrogen-bond donors (Lipinski definition) is 0. The predicted molar refractivity (Wildman–Crippen MR) is 115 cm³/mol. The Morgan fingerprint density at radius 3 is 2.44 bits per heavy atom. The standard InChI is InChI=1S/C24H18F3NO3S/c1-30-23(29)14-31-22-10-9-21(12-19(22)13-28)32-15-16-3-2-4-18(11-16)17-5-7-20(8-6-17)24(25,26)27/h2-12H,14-15H2,1H3. The zero-order chi connectivity index (χ0) is 23.1. The highest BCUT2D eigenvalue weighted by molar-refractivity contribution is 7.98. The summed E-state index contributed by atoms with van der Waals surface area (Å²) >= 11 is 1.50. The van der Waals surface area contributed by atoms with E-state index >= 15 is 0 Å². The molecule has 3 aromatic carbocycles. The van der Waals surface area contributed by atoms with Crippen molar-refractivity contribution in [3.05, 3.63) is 83.4 Å². The lowest BCUT2D eigenvalue weighted by Gasteiger charge is -2.10. The summed E-state index contributed by atoms with van der Waals surface area (Å²) in [6, 6.07) is 19.8. The van der Waals surface area contributed by atoms with Gasteiger partial charge in [-0.1, -0.05) is 36.4 Å². The van der Waals surface area contributed by atoms with Gasteiger partial charge in [0.2, 0.25) is 0 Å². The van der Waals surface area contributed by atoms with Crippen LogP contribution in [0.5, 0.6) is 5.75 Å². The number of carbonyl (C=O) groups excluding carboxylic acids is 1. The van der Waals surface area contributed by atoms with Crippen LogP contribution in [-0.2, 0) is 21.5 Å². The second-order valence-electron chi connectivity index (χ2n) is 6.70. The fourth-order valence-corrected chi connectivity index (χ4v) is 3.75. The molecule has 0 spiro atoms. The number of hydrogen-bond acceptors (Lipinski definition) is 5. The lowest BCUT2D eigenvalue weighted by molar-refractivity contribution is -0.143. The van der Waals surface area contributed by atoms with Crippen LogP contribution in [0.1, 0.15) is 16.7 Å². The minimum atomic E-state index is -4.36. The SMILES string of the molecule is COC(=O)COc1ccc(SCc2cccc(-c3ccc(C(F)(F)F)cc3)c2)cc1C#N. The maximum Gasteiger partial charge on any atom is 0.416 e. The van der Waals surface area contributed by atoms with Crippen molar-refractivity contribution in [1.29, 1.82) is 5.26 Å². The first kappa shape index (κ1) is 23.2. The van der Waals surface area contributed by atoms with Gasteiger partial charge in [0.05, 0.1) is 18.2 Å². The van der Waals surface area contributed by atoms with Gasteiger partial charge in [-0.2, -0.15) is 18.4 Å². The molecule has 0 saturated carbocycles. The molecule has 0 radical (unpaired) electrons. The molecule has 3 aromatic rings. The molecule has 0 aromatic heterocycles. The average molecular weight is 457 g/mol. The number of alkyl halides is 3. The third-order valence-corrected chi connectivity index (χ3v) is 5.59. The quantitative estimate of drug-likeness (QED) is 0.318. The lowest BCUT2D eigenvalue weighted by Crippen LogP contribution is -2.13. The van der Waals surface area contributed by atoms with Crippen molar-refractivity contribution in [3.8, 4) is 22.9 Å². The minimum Gasteiger partial charge on any atom is -0.481 e. The molecule has 4 nitrogen and oxygen atoms in total. The van der Waals surface area contributed by atoms with Crippen LogP contribution < -0.4 is 4.74 Å². The molecular weight excluding hydrogens is 439 g/mol. The average Bonchev–Trinajstić information content (AvgIpc) is 2.81. The van der Waals surface area contributed by atoms with Crippen LogP contribution in [0, 0.1) is 11.3 Å². The zero-order valence-electron chi connectivity index (χ0n) is 17.0. The van der Waals surface area contributed by atoms with Crippen molar-refractivity contribution in [1.82, 2.24) is 0 Å². The van der Waals surface area contributed by atoms with Gasteiger partial charge in [-0.05, 0) is 47.0 Å². The number of halogens is 3. The molecule has 0 aliphatic carbocycles. The molecule has 0 fully saturated rings. The number of rotatable bonds is 7. The number of methoxy groups -OCH3 is 1. The first-order valence-corrected chi connectivity index (χ1v) is 10.4. The molecule has 32 heavy (non-hydrogen) atoms. The molecule has 8 heteroatoms. The zero-order valence-corrected chi connectivity index (χ0v) is 17.8. The maximum atomic E-state index is 12.8. The third kappa shape index (κ3) is 6.05. The summed E-state index contributed by atoms with van der Waals surface area (Å²) in [6.45, 7) is -0.283. The molecule has 0 amide bonds. The Morgan fingerprint density at radius 2 is 1.78 bits per heavy atom. The van der Waals surface area contributed by atoms with E-state index in [1.807, 2.05) is 24.3 Å². The smallest absolute Gasteiger partial charge is 0.416 e. The van der Waals surface area contributed by atoms with Crippen LogP contribution in [0.2, 0.25) is 0 Å². The van der Waals surface area contributed by atoms with E-state index in [0.29, 0.717) is 22.6 Å². The van der Waals surface area contributed by atoms with Crippen LogP contribution in [-0.4, -0.2) is 19.7 Å². The van der Waals surface area contributed by atoms with Crippen molar-refractivity contribution in [3.63, 3.8) is 0 Å². The van der Waals surface area contributed by atoms with Gasteiger partial charge in [0.1, 0.15) is 11.8 Å². The van der Waals surface area contributed by atoms with Crippen molar-refractivity contribution < 1.29 is 27.4 Å². The van der Waals surface area contributed by atoms with E-state index in [2.05, 4.69) is 10.8 Å². The number of ether oxygens (including phenoxy) is 2. The highest BCUT2D eigenvalue weighted by atomic mass is 32.2. The Hall–Kier alpha value is -3.44. The van der Waals surface area contributed by atoms with Crippen molar-refractivity contribution in [2.24, 2.45) is 0 Å². The van der Waals surface area contributed by atoms with Crippen LogP contribution in [0.4, 0.5) is 13.2 Å². The lowest BCUT2D eigenvalue weighted by atomic mass is 10.0. The topological polar surface area (TPSA) is 59.3 Å². The molecule has 0 N–H and O–H groups in total. The monoisotopic (exact) mass is 457 g/mol. The molecule has 0 bridgehead atoms. The van der Waals surface area contributed by atoms with E-state index < -0.39 is 17.7 Å². The number of nitrogens with zero attached hydrogens (tertiary/aromatic N) is 1. The van der Waals surface area contributed by atoms with E-state index in [4.69, 9.17) is 4.74 Å². The van der Waals surface area contributed by atoms with Gasteiger partial charge in [0.15, 0.2) is 6.61 Å². The maximum absolute atomic E-state index is 12.8. The number of esters is 1. The van der Waals surface area contributed by atoms with Crippen LogP contribution in [0.15, 0.2) is 71.6 Å². The van der Waals surface area contributed by atoms with Crippen molar-refractivity contribution in [2.45, 2.75) is 16.8 Å². The van der Waals surface area contributed by atoms with E-state index in [1.54, 1.807) is 18.2 Å². The summed E-state index contributed by atoms with van der Waals surface area (Å²) in [5, 5.41) is 9.36. The number of carbonyl (C=O) groups is 1. The summed E-state index contributed by atoms with van der Waals surface area (Å²) in [6.07, 6.45) is -4.36. The molecule has 3 rings (SSSR count). The van der Waals surface area contributed by atoms with Crippen molar-refractivity contribution in [2.75, 3.05) is 13.7 Å². The van der Waals surface area contributed by atoms with Gasteiger partial charge < -0.3 is 9.47 Å². The molecule has 0 heterocycles. The summed E-state index contributed by atoms with van der Waals surface area (Å²) in [7, 11) is 1.25. The van der Waals surface area contributed by atoms with E-state index in [9.17, 15) is 23.2 Å². The van der Waals surface area contributed by atoms with E-state index in [-0.39, 0.29) is 6.61 Å². The third-order valence-electron chi connectivity index (χ3n) is 4.52. The first-order valence-electron chi connectivity index (χ1n) is 9.43. The predicted octanol–water partition coefficient (Wildman–Crippen LogP) is 6.09. The normalized spacial score (nSPS) is 11.0. The molecule has 0 aliphatic heterocycles. The summed E-state index contributed by atoms with van der Waals surface area (Å²) in [4.78, 5) is 12.1. The van der Waals surface area contributed by atoms with Crippen LogP contribution >= 0.6 is 11.8 Å². The second-order valence-corrected chi connectivity index (χ2v) is 7.75. The largest absolute Gasteiger partial charge is 0.481 e. The van der Waals surface area contributed by atoms with Gasteiger partial charge in [0.25, 0.3) is 0 Å². The summed E-state index contributed by atoms with van der Waals surface area (Å²) in [5.74, 6) is 0.355. The molecule has 0 atom stereocenters. The molecule has 0 saturated heterocycles. The number of nitriles is 1. The summed E-state index contributed by atoms with van der Waals surface area (Å²) in [5.41, 5.74) is 2.12. The van der Waals surface area contributed by atoms with Gasteiger partial charge in [-0.25, -0.2) is 4.79 Å². The molecular formula is C24H18F3NO3S.